The molecule has 1 rings (SSSR count). The van der Waals surface area contributed by atoms with Crippen LogP contribution in [-0.4, -0.2) is 24.9 Å². The van der Waals surface area contributed by atoms with Gasteiger partial charge in [0, 0.05) is 12.7 Å². The van der Waals surface area contributed by atoms with Gasteiger partial charge in [-0.1, -0.05) is 26.0 Å². The quantitative estimate of drug-likeness (QED) is 0.738. The van der Waals surface area contributed by atoms with Crippen molar-refractivity contribution in [2.45, 2.75) is 26.3 Å². The number of anilines is 1. The Bertz CT molecular complexity index is 441. The van der Waals surface area contributed by atoms with Gasteiger partial charge in [0.05, 0.1) is 12.5 Å². The van der Waals surface area contributed by atoms with E-state index in [0.717, 1.165) is 5.56 Å². The molecule has 0 aromatic heterocycles. The summed E-state index contributed by atoms with van der Waals surface area (Å²) in [6.45, 7) is 3.80. The number of nitrogens with two attached hydrogens (primary N) is 1. The van der Waals surface area contributed by atoms with Crippen LogP contribution in [0.5, 0.6) is 0 Å². The van der Waals surface area contributed by atoms with E-state index in [2.05, 4.69) is 10.6 Å². The van der Waals surface area contributed by atoms with Gasteiger partial charge in [0.2, 0.25) is 11.8 Å². The molecule has 104 valence electrons. The van der Waals surface area contributed by atoms with Crippen LogP contribution in [0, 0.1) is 5.92 Å². The molecule has 0 heterocycles. The third kappa shape index (κ3) is 4.71. The monoisotopic (exact) mass is 263 g/mol. The molecule has 1 atom stereocenters. The van der Waals surface area contributed by atoms with Crippen LogP contribution in [0.1, 0.15) is 19.4 Å². The highest BCUT2D eigenvalue weighted by Gasteiger charge is 2.16. The number of hydrogen-bond acceptors (Lipinski definition) is 3. The van der Waals surface area contributed by atoms with Crippen molar-refractivity contribution in [2.75, 3.05) is 12.4 Å². The van der Waals surface area contributed by atoms with Crippen molar-refractivity contribution in [3.8, 4) is 0 Å². The molecule has 0 saturated heterocycles. The van der Waals surface area contributed by atoms with Gasteiger partial charge in [-0.15, -0.1) is 0 Å². The number of hydrogen-bond donors (Lipinski definition) is 3. The van der Waals surface area contributed by atoms with Gasteiger partial charge in [0.25, 0.3) is 0 Å². The second kappa shape index (κ2) is 6.89. The molecule has 0 saturated carbocycles. The Morgan fingerprint density at radius 3 is 2.26 bits per heavy atom. The molecule has 5 heteroatoms. The highest BCUT2D eigenvalue weighted by atomic mass is 16.2. The molecule has 0 radical (unpaired) electrons. The minimum atomic E-state index is -0.523. The summed E-state index contributed by atoms with van der Waals surface area (Å²) in [4.78, 5) is 23.0. The molecule has 0 bridgehead atoms. The molecule has 1 unspecified atom stereocenters. The van der Waals surface area contributed by atoms with Crippen LogP contribution < -0.4 is 16.4 Å². The Morgan fingerprint density at radius 1 is 1.21 bits per heavy atom. The van der Waals surface area contributed by atoms with Crippen molar-refractivity contribution < 1.29 is 9.59 Å². The van der Waals surface area contributed by atoms with Gasteiger partial charge < -0.3 is 16.4 Å². The summed E-state index contributed by atoms with van der Waals surface area (Å²) < 4.78 is 0. The minimum absolute atomic E-state index is 0.0429. The van der Waals surface area contributed by atoms with Crippen molar-refractivity contribution in [1.29, 1.82) is 0 Å². The van der Waals surface area contributed by atoms with Crippen molar-refractivity contribution >= 4 is 17.5 Å². The topological polar surface area (TPSA) is 84.2 Å². The fraction of sp³-hybridized carbons (Fsp3) is 0.429. The van der Waals surface area contributed by atoms with Crippen LogP contribution in [-0.2, 0) is 16.0 Å². The fourth-order valence-corrected chi connectivity index (χ4v) is 1.51. The van der Waals surface area contributed by atoms with Gasteiger partial charge in [-0.05, 0) is 23.6 Å². The zero-order chi connectivity index (χ0) is 14.4. The number of amides is 2. The molecular formula is C14H21N3O2. The van der Waals surface area contributed by atoms with Crippen LogP contribution in [0.4, 0.5) is 5.69 Å². The first-order valence-corrected chi connectivity index (χ1v) is 6.30. The molecular weight excluding hydrogens is 242 g/mol. The Morgan fingerprint density at radius 2 is 1.79 bits per heavy atom. The Labute approximate surface area is 113 Å². The molecule has 0 aliphatic carbocycles. The zero-order valence-corrected chi connectivity index (χ0v) is 11.6. The summed E-state index contributed by atoms with van der Waals surface area (Å²) in [7, 11) is 1.60. The van der Waals surface area contributed by atoms with Crippen LogP contribution in [0.15, 0.2) is 24.3 Å². The van der Waals surface area contributed by atoms with E-state index in [1.54, 1.807) is 19.2 Å². The zero-order valence-electron chi connectivity index (χ0n) is 11.6. The smallest absolute Gasteiger partial charge is 0.241 e. The largest absolute Gasteiger partial charge is 0.359 e. The Balaban J connectivity index is 2.62. The van der Waals surface area contributed by atoms with Crippen molar-refractivity contribution in [2.24, 2.45) is 11.7 Å². The lowest BCUT2D eigenvalue weighted by Gasteiger charge is -2.15. The second-order valence-electron chi connectivity index (χ2n) is 4.81. The first-order valence-electron chi connectivity index (χ1n) is 6.30. The maximum absolute atomic E-state index is 11.8. The van der Waals surface area contributed by atoms with E-state index in [4.69, 9.17) is 5.73 Å². The summed E-state index contributed by atoms with van der Waals surface area (Å²) >= 11 is 0. The Kier molecular flexibility index (Phi) is 5.51. The van der Waals surface area contributed by atoms with Gasteiger partial charge >= 0.3 is 0 Å². The third-order valence-electron chi connectivity index (χ3n) is 2.89. The predicted octanol–water partition coefficient (Wildman–Crippen LogP) is 0.897. The molecule has 19 heavy (non-hydrogen) atoms. The lowest BCUT2D eigenvalue weighted by molar-refractivity contribution is -0.120. The fourth-order valence-electron chi connectivity index (χ4n) is 1.51. The summed E-state index contributed by atoms with van der Waals surface area (Å²) in [5.74, 6) is -0.153. The summed E-state index contributed by atoms with van der Waals surface area (Å²) in [5, 5.41) is 5.32. The molecule has 0 aliphatic rings. The normalized spacial score (nSPS) is 12.1. The first kappa shape index (κ1) is 15.2. The second-order valence-corrected chi connectivity index (χ2v) is 4.81. The molecule has 4 N–H and O–H groups in total. The maximum Gasteiger partial charge on any atom is 0.241 e. The van der Waals surface area contributed by atoms with Gasteiger partial charge in [-0.3, -0.25) is 9.59 Å². The molecule has 0 spiro atoms. The number of likely N-dealkylation sites (N-methyl/N-ethyl adjacent to an activating group) is 1. The van der Waals surface area contributed by atoms with E-state index in [1.165, 1.54) is 0 Å². The van der Waals surface area contributed by atoms with Gasteiger partial charge in [0.1, 0.15) is 0 Å². The van der Waals surface area contributed by atoms with E-state index in [-0.39, 0.29) is 17.7 Å². The van der Waals surface area contributed by atoms with Crippen molar-refractivity contribution in [1.82, 2.24) is 5.32 Å². The van der Waals surface area contributed by atoms with E-state index in [9.17, 15) is 9.59 Å². The summed E-state index contributed by atoms with van der Waals surface area (Å²) in [5.41, 5.74) is 7.33. The highest BCUT2D eigenvalue weighted by Crippen LogP contribution is 2.11. The number of benzene rings is 1. The average Bonchev–Trinajstić information content (AvgIpc) is 2.39. The lowest BCUT2D eigenvalue weighted by atomic mass is 10.0. The van der Waals surface area contributed by atoms with E-state index in [1.807, 2.05) is 26.0 Å². The Hall–Kier alpha value is -1.88. The SMILES string of the molecule is CNC(=O)Cc1ccc(NC(=O)C(N)C(C)C)cc1. The van der Waals surface area contributed by atoms with E-state index < -0.39 is 6.04 Å². The van der Waals surface area contributed by atoms with Gasteiger partial charge in [0.15, 0.2) is 0 Å². The molecule has 2 amide bonds. The molecule has 0 aliphatic heterocycles. The summed E-state index contributed by atoms with van der Waals surface area (Å²) in [6.07, 6.45) is 0.330. The van der Waals surface area contributed by atoms with Crippen LogP contribution in [0.2, 0.25) is 0 Å². The third-order valence-corrected chi connectivity index (χ3v) is 2.89. The number of carbonyl (C=O) groups excluding carboxylic acids is 2. The van der Waals surface area contributed by atoms with E-state index >= 15 is 0 Å². The average molecular weight is 263 g/mol. The lowest BCUT2D eigenvalue weighted by Crippen LogP contribution is -2.39. The van der Waals surface area contributed by atoms with Crippen LogP contribution >= 0.6 is 0 Å². The van der Waals surface area contributed by atoms with Gasteiger partial charge in [-0.2, -0.15) is 0 Å². The van der Waals surface area contributed by atoms with Crippen molar-refractivity contribution in [3.05, 3.63) is 29.8 Å². The number of rotatable bonds is 5. The highest BCUT2D eigenvalue weighted by molar-refractivity contribution is 5.94. The van der Waals surface area contributed by atoms with Crippen molar-refractivity contribution in [3.63, 3.8) is 0 Å². The predicted molar refractivity (Wildman–Crippen MR) is 75.7 cm³/mol. The summed E-state index contributed by atoms with van der Waals surface area (Å²) in [6, 6.07) is 6.63. The number of carbonyl (C=O) groups is 2. The number of nitrogens with one attached hydrogen (secondary N) is 2. The maximum atomic E-state index is 11.8. The first-order chi connectivity index (χ1) is 8.93. The molecule has 1 aromatic rings. The molecule has 5 nitrogen and oxygen atoms in total. The van der Waals surface area contributed by atoms with E-state index in [0.29, 0.717) is 12.1 Å². The molecule has 0 fully saturated rings. The van der Waals surface area contributed by atoms with Crippen LogP contribution in [0.25, 0.3) is 0 Å². The minimum Gasteiger partial charge on any atom is -0.359 e. The van der Waals surface area contributed by atoms with Gasteiger partial charge in [-0.25, -0.2) is 0 Å². The van der Waals surface area contributed by atoms with Crippen LogP contribution in [0.3, 0.4) is 0 Å². The molecule has 1 aromatic carbocycles. The standard InChI is InChI=1S/C14H21N3O2/c1-9(2)13(15)14(19)17-11-6-4-10(5-7-11)8-12(18)16-3/h4-7,9,13H,8,15H2,1-3H3,(H,16,18)(H,17,19).